The third-order valence-corrected chi connectivity index (χ3v) is 4.93. The zero-order chi connectivity index (χ0) is 22.5. The number of carboxylic acid groups (broad SMARTS) is 1. The number of aliphatic carboxylic acids is 1. The van der Waals surface area contributed by atoms with E-state index in [2.05, 4.69) is 4.98 Å². The molecular formula is C20H21F3N2O6. The number of likely N-dealkylation sites (tertiary alicyclic amines) is 1. The number of carbonyl (C=O) groups excluding carboxylic acids is 1. The standard InChI is InChI=1S/C18H20N2O4.C2HF3O2/c21-17(9-14-4-2-8-22-14)20-7-5-18(13-20)10-16(12-23-18)24-15-3-1-6-19-11-15;3-2(4,5)1(6)7/h1-4,6,8,11,16H,5,7,9-10,12-13H2;(H,6,7)/t16-,18-;/m0./s1. The van der Waals surface area contributed by atoms with Crippen molar-refractivity contribution >= 4 is 11.9 Å². The maximum Gasteiger partial charge on any atom is 0.490 e. The zero-order valence-corrected chi connectivity index (χ0v) is 16.4. The van der Waals surface area contributed by atoms with Crippen LogP contribution in [0, 0.1) is 0 Å². The number of furan rings is 1. The van der Waals surface area contributed by atoms with Gasteiger partial charge < -0.3 is 23.9 Å². The van der Waals surface area contributed by atoms with Crippen LogP contribution in [0.15, 0.2) is 47.3 Å². The summed E-state index contributed by atoms with van der Waals surface area (Å²) in [5.41, 5.74) is -0.272. The van der Waals surface area contributed by atoms with E-state index < -0.39 is 12.1 Å². The maximum atomic E-state index is 12.4. The van der Waals surface area contributed by atoms with Gasteiger partial charge in [-0.15, -0.1) is 0 Å². The van der Waals surface area contributed by atoms with Crippen LogP contribution >= 0.6 is 0 Å². The van der Waals surface area contributed by atoms with Gasteiger partial charge in [-0.1, -0.05) is 0 Å². The number of nitrogens with zero attached hydrogens (tertiary/aromatic N) is 2. The fourth-order valence-electron chi connectivity index (χ4n) is 3.50. The third-order valence-electron chi connectivity index (χ3n) is 4.93. The number of carboxylic acids is 1. The van der Waals surface area contributed by atoms with E-state index in [9.17, 15) is 18.0 Å². The number of ether oxygens (including phenoxy) is 2. The summed E-state index contributed by atoms with van der Waals surface area (Å²) < 4.78 is 49.0. The number of carbonyl (C=O) groups is 2. The van der Waals surface area contributed by atoms with Gasteiger partial charge in [-0.25, -0.2) is 4.79 Å². The van der Waals surface area contributed by atoms with Gasteiger partial charge in [0.2, 0.25) is 5.91 Å². The van der Waals surface area contributed by atoms with Gasteiger partial charge in [0.05, 0.1) is 31.1 Å². The van der Waals surface area contributed by atoms with E-state index in [0.717, 1.165) is 25.1 Å². The first-order valence-corrected chi connectivity index (χ1v) is 9.48. The molecular weight excluding hydrogens is 421 g/mol. The van der Waals surface area contributed by atoms with Crippen LogP contribution < -0.4 is 4.74 Å². The van der Waals surface area contributed by atoms with Crippen molar-refractivity contribution in [2.45, 2.75) is 37.1 Å². The highest BCUT2D eigenvalue weighted by Gasteiger charge is 2.47. The lowest BCUT2D eigenvalue weighted by Crippen LogP contribution is -2.36. The average molecular weight is 442 g/mol. The highest BCUT2D eigenvalue weighted by atomic mass is 19.4. The molecule has 2 saturated heterocycles. The molecule has 2 aromatic heterocycles. The van der Waals surface area contributed by atoms with Crippen molar-refractivity contribution in [1.29, 1.82) is 0 Å². The van der Waals surface area contributed by atoms with E-state index in [4.69, 9.17) is 23.8 Å². The van der Waals surface area contributed by atoms with Crippen LogP contribution in [0.1, 0.15) is 18.6 Å². The summed E-state index contributed by atoms with van der Waals surface area (Å²) in [6.45, 7) is 1.90. The van der Waals surface area contributed by atoms with Crippen molar-refractivity contribution in [3.8, 4) is 5.75 Å². The van der Waals surface area contributed by atoms with E-state index >= 15 is 0 Å². The smallest absolute Gasteiger partial charge is 0.486 e. The molecule has 2 aromatic rings. The normalized spacial score (nSPS) is 22.8. The van der Waals surface area contributed by atoms with E-state index in [-0.39, 0.29) is 17.6 Å². The second-order valence-corrected chi connectivity index (χ2v) is 7.25. The van der Waals surface area contributed by atoms with E-state index in [1.807, 2.05) is 23.1 Å². The molecule has 0 aromatic carbocycles. The number of hydrogen-bond donors (Lipinski definition) is 1. The van der Waals surface area contributed by atoms with Crippen LogP contribution in [0.2, 0.25) is 0 Å². The number of pyridine rings is 1. The fourth-order valence-corrected chi connectivity index (χ4v) is 3.50. The molecule has 4 heterocycles. The summed E-state index contributed by atoms with van der Waals surface area (Å²) in [5, 5.41) is 7.12. The highest BCUT2D eigenvalue weighted by molar-refractivity contribution is 5.78. The summed E-state index contributed by atoms with van der Waals surface area (Å²) in [6.07, 6.45) is 1.90. The first kappa shape index (κ1) is 22.6. The maximum absolute atomic E-state index is 12.4. The Morgan fingerprint density at radius 3 is 2.71 bits per heavy atom. The van der Waals surface area contributed by atoms with Gasteiger partial charge in [-0.05, 0) is 30.7 Å². The molecule has 4 rings (SSSR count). The molecule has 0 aliphatic carbocycles. The quantitative estimate of drug-likeness (QED) is 0.777. The van der Waals surface area contributed by atoms with Crippen LogP contribution in [-0.4, -0.2) is 64.4 Å². The summed E-state index contributed by atoms with van der Waals surface area (Å²) in [5.74, 6) is -1.22. The average Bonchev–Trinajstić information content (AvgIpc) is 3.45. The molecule has 31 heavy (non-hydrogen) atoms. The Hall–Kier alpha value is -3.08. The molecule has 1 spiro atoms. The molecule has 2 aliphatic rings. The first-order valence-electron chi connectivity index (χ1n) is 9.48. The lowest BCUT2D eigenvalue weighted by atomic mass is 9.98. The second-order valence-electron chi connectivity index (χ2n) is 7.25. The summed E-state index contributed by atoms with van der Waals surface area (Å²) in [6, 6.07) is 7.37. The van der Waals surface area contributed by atoms with Crippen LogP contribution in [-0.2, 0) is 20.7 Å². The van der Waals surface area contributed by atoms with Crippen LogP contribution in [0.25, 0.3) is 0 Å². The molecule has 0 saturated carbocycles. The lowest BCUT2D eigenvalue weighted by Gasteiger charge is -2.23. The lowest BCUT2D eigenvalue weighted by molar-refractivity contribution is -0.192. The number of halogens is 3. The number of aromatic nitrogens is 1. The summed E-state index contributed by atoms with van der Waals surface area (Å²) in [4.78, 5) is 27.2. The SMILES string of the molecule is O=C(Cc1ccco1)N1CC[C@]2(C[C@H](Oc3cccnc3)CO2)C1.O=C(O)C(F)(F)F. The molecule has 8 nitrogen and oxygen atoms in total. The Morgan fingerprint density at radius 1 is 1.32 bits per heavy atom. The first-order chi connectivity index (χ1) is 14.7. The van der Waals surface area contributed by atoms with Crippen LogP contribution in [0.5, 0.6) is 5.75 Å². The fraction of sp³-hybridized carbons (Fsp3) is 0.450. The predicted molar refractivity (Wildman–Crippen MR) is 99.3 cm³/mol. The van der Waals surface area contributed by atoms with E-state index in [0.29, 0.717) is 25.3 Å². The molecule has 11 heteroatoms. The van der Waals surface area contributed by atoms with Crippen molar-refractivity contribution < 1.29 is 41.8 Å². The molecule has 2 aliphatic heterocycles. The molecule has 2 atom stereocenters. The largest absolute Gasteiger partial charge is 0.490 e. The Bertz CT molecular complexity index is 875. The molecule has 168 valence electrons. The van der Waals surface area contributed by atoms with Crippen molar-refractivity contribution in [2.24, 2.45) is 0 Å². The van der Waals surface area contributed by atoms with E-state index in [1.165, 1.54) is 0 Å². The minimum Gasteiger partial charge on any atom is -0.486 e. The van der Waals surface area contributed by atoms with Crippen LogP contribution in [0.4, 0.5) is 13.2 Å². The highest BCUT2D eigenvalue weighted by Crippen LogP contribution is 2.36. The van der Waals surface area contributed by atoms with Crippen molar-refractivity contribution in [3.05, 3.63) is 48.7 Å². The molecule has 0 unspecified atom stereocenters. The summed E-state index contributed by atoms with van der Waals surface area (Å²) >= 11 is 0. The number of hydrogen-bond acceptors (Lipinski definition) is 6. The minimum absolute atomic E-state index is 0.00863. The van der Waals surface area contributed by atoms with Gasteiger partial charge in [0.15, 0.2) is 0 Å². The monoisotopic (exact) mass is 442 g/mol. The Morgan fingerprint density at radius 2 is 2.10 bits per heavy atom. The Balaban J connectivity index is 0.000000339. The van der Waals surface area contributed by atoms with Gasteiger partial charge in [-0.3, -0.25) is 9.78 Å². The molecule has 2 fully saturated rings. The van der Waals surface area contributed by atoms with Crippen molar-refractivity contribution in [2.75, 3.05) is 19.7 Å². The van der Waals surface area contributed by atoms with Crippen LogP contribution in [0.3, 0.4) is 0 Å². The van der Waals surface area contributed by atoms with Gasteiger partial charge in [-0.2, -0.15) is 13.2 Å². The van der Waals surface area contributed by atoms with Gasteiger partial charge in [0.25, 0.3) is 0 Å². The van der Waals surface area contributed by atoms with Crippen molar-refractivity contribution in [1.82, 2.24) is 9.88 Å². The third kappa shape index (κ3) is 6.20. The van der Waals surface area contributed by atoms with Gasteiger partial charge in [0.1, 0.15) is 17.6 Å². The topological polar surface area (TPSA) is 102 Å². The zero-order valence-electron chi connectivity index (χ0n) is 16.4. The molecule has 0 radical (unpaired) electrons. The Kier molecular flexibility index (Phi) is 6.84. The molecule has 1 amide bonds. The van der Waals surface area contributed by atoms with E-state index in [1.54, 1.807) is 24.7 Å². The van der Waals surface area contributed by atoms with Crippen molar-refractivity contribution in [3.63, 3.8) is 0 Å². The van der Waals surface area contributed by atoms with Gasteiger partial charge in [0, 0.05) is 25.7 Å². The number of rotatable bonds is 4. The molecule has 0 bridgehead atoms. The Labute approximate surface area is 175 Å². The number of alkyl halides is 3. The summed E-state index contributed by atoms with van der Waals surface area (Å²) in [7, 11) is 0. The number of amides is 1. The predicted octanol–water partition coefficient (Wildman–Crippen LogP) is 2.69. The minimum atomic E-state index is -5.08. The molecule has 1 N–H and O–H groups in total. The van der Waals surface area contributed by atoms with Gasteiger partial charge >= 0.3 is 12.1 Å². The second kappa shape index (κ2) is 9.38.